The van der Waals surface area contributed by atoms with Gasteiger partial charge in [-0.05, 0) is 37.3 Å². The summed E-state index contributed by atoms with van der Waals surface area (Å²) in [5.74, 6) is 0.231. The smallest absolute Gasteiger partial charge is 0.318 e. The van der Waals surface area contributed by atoms with Gasteiger partial charge in [-0.25, -0.2) is 4.79 Å². The fraction of sp³-hybridized carbons (Fsp3) is 0.600. The molecule has 6 heteroatoms. The zero-order valence-electron chi connectivity index (χ0n) is 15.5. The number of nitrogens with one attached hydrogen (secondary N) is 1. The van der Waals surface area contributed by atoms with E-state index in [1.165, 1.54) is 11.1 Å². The van der Waals surface area contributed by atoms with Crippen LogP contribution in [0.1, 0.15) is 30.4 Å². The first-order valence-electron chi connectivity index (χ1n) is 9.48. The van der Waals surface area contributed by atoms with Crippen LogP contribution in [-0.2, 0) is 14.9 Å². The van der Waals surface area contributed by atoms with Gasteiger partial charge in [-0.1, -0.05) is 24.3 Å². The van der Waals surface area contributed by atoms with Gasteiger partial charge in [0, 0.05) is 26.7 Å². The number of ether oxygens (including phenoxy) is 1. The molecule has 1 saturated carbocycles. The molecule has 1 aromatic rings. The third-order valence-electron chi connectivity index (χ3n) is 6.19. The van der Waals surface area contributed by atoms with Crippen molar-refractivity contribution in [3.63, 3.8) is 0 Å². The van der Waals surface area contributed by atoms with E-state index in [1.54, 1.807) is 7.11 Å². The Labute approximate surface area is 154 Å². The summed E-state index contributed by atoms with van der Waals surface area (Å²) >= 11 is 0. The number of hydrogen-bond acceptors (Lipinski definition) is 3. The minimum Gasteiger partial charge on any atom is -0.383 e. The quantitative estimate of drug-likeness (QED) is 0.872. The molecule has 4 rings (SSSR count). The second-order valence-electron chi connectivity index (χ2n) is 7.75. The number of rotatable bonds is 5. The van der Waals surface area contributed by atoms with Gasteiger partial charge in [0.25, 0.3) is 0 Å². The van der Waals surface area contributed by atoms with E-state index in [0.29, 0.717) is 26.2 Å². The number of carbonyl (C=O) groups is 2. The van der Waals surface area contributed by atoms with Gasteiger partial charge in [0.1, 0.15) is 0 Å². The highest BCUT2D eigenvalue weighted by atomic mass is 16.5. The molecule has 1 aliphatic carbocycles. The molecule has 0 bridgehead atoms. The molecule has 0 radical (unpaired) electrons. The molecule has 0 aromatic heterocycles. The number of fused-ring (bicyclic) bond motifs is 1. The molecule has 2 aliphatic heterocycles. The summed E-state index contributed by atoms with van der Waals surface area (Å²) < 4.78 is 5.12. The summed E-state index contributed by atoms with van der Waals surface area (Å²) in [6.45, 7) is 4.54. The Balaban J connectivity index is 1.47. The van der Waals surface area contributed by atoms with E-state index in [-0.39, 0.29) is 29.4 Å². The van der Waals surface area contributed by atoms with Gasteiger partial charge in [-0.15, -0.1) is 0 Å². The summed E-state index contributed by atoms with van der Waals surface area (Å²) in [5.41, 5.74) is 2.02. The lowest BCUT2D eigenvalue weighted by molar-refractivity contribution is -0.135. The third kappa shape index (κ3) is 2.76. The first kappa shape index (κ1) is 17.3. The lowest BCUT2D eigenvalue weighted by Crippen LogP contribution is -2.55. The van der Waals surface area contributed by atoms with Crippen LogP contribution in [0, 0.1) is 6.92 Å². The van der Waals surface area contributed by atoms with Crippen LogP contribution in [0.4, 0.5) is 4.79 Å². The van der Waals surface area contributed by atoms with Crippen LogP contribution in [0.15, 0.2) is 24.3 Å². The van der Waals surface area contributed by atoms with Crippen LogP contribution in [-0.4, -0.2) is 67.2 Å². The van der Waals surface area contributed by atoms with Crippen LogP contribution in [0.3, 0.4) is 0 Å². The Morgan fingerprint density at radius 1 is 1.35 bits per heavy atom. The summed E-state index contributed by atoms with van der Waals surface area (Å²) in [6.07, 6.45) is 2.67. The molecule has 26 heavy (non-hydrogen) atoms. The van der Waals surface area contributed by atoms with Crippen molar-refractivity contribution < 1.29 is 14.3 Å². The number of piperidine rings is 1. The highest BCUT2D eigenvalue weighted by Crippen LogP contribution is 2.51. The van der Waals surface area contributed by atoms with Crippen molar-refractivity contribution in [1.82, 2.24) is 15.1 Å². The molecule has 2 heterocycles. The highest BCUT2D eigenvalue weighted by molar-refractivity contribution is 5.92. The van der Waals surface area contributed by atoms with Crippen molar-refractivity contribution in [1.29, 1.82) is 0 Å². The molecule has 3 fully saturated rings. The molecule has 2 atom stereocenters. The Morgan fingerprint density at radius 2 is 2.12 bits per heavy atom. The highest BCUT2D eigenvalue weighted by Gasteiger charge is 2.55. The van der Waals surface area contributed by atoms with Gasteiger partial charge < -0.3 is 19.9 Å². The summed E-state index contributed by atoms with van der Waals surface area (Å²) in [6, 6.07) is 8.36. The van der Waals surface area contributed by atoms with Crippen LogP contribution in [0.2, 0.25) is 0 Å². The molecule has 3 aliphatic rings. The number of likely N-dealkylation sites (tertiary alicyclic amines) is 1. The Kier molecular flexibility index (Phi) is 4.39. The molecule has 1 aromatic carbocycles. The van der Waals surface area contributed by atoms with Gasteiger partial charge in [-0.2, -0.15) is 0 Å². The van der Waals surface area contributed by atoms with Gasteiger partial charge >= 0.3 is 6.03 Å². The number of amides is 3. The fourth-order valence-corrected chi connectivity index (χ4v) is 4.62. The van der Waals surface area contributed by atoms with E-state index in [4.69, 9.17) is 4.74 Å². The fourth-order valence-electron chi connectivity index (χ4n) is 4.62. The van der Waals surface area contributed by atoms with Crippen molar-refractivity contribution in [2.24, 2.45) is 0 Å². The molecule has 0 unspecified atom stereocenters. The zero-order valence-corrected chi connectivity index (χ0v) is 15.5. The molecule has 1 N–H and O–H groups in total. The number of nitrogens with zero attached hydrogens (tertiary/aromatic N) is 2. The average molecular weight is 357 g/mol. The minimum absolute atomic E-state index is 0.0183. The van der Waals surface area contributed by atoms with E-state index in [2.05, 4.69) is 24.4 Å². The van der Waals surface area contributed by atoms with Crippen LogP contribution in [0.25, 0.3) is 0 Å². The molecular formula is C20H27N3O3. The standard InChI is InChI=1S/C20H27N3O3/c1-14-5-3-4-6-15(14)20(8-9-20)18(24)22-10-7-17-16(13-22)21-19(25)23(17)11-12-26-2/h3-6,16-17H,7-13H2,1-2H3,(H,21,25)/t16-,17+/m1/s1. The van der Waals surface area contributed by atoms with Gasteiger partial charge in [0.2, 0.25) is 5.91 Å². The Morgan fingerprint density at radius 3 is 2.81 bits per heavy atom. The number of benzene rings is 1. The maximum absolute atomic E-state index is 13.3. The van der Waals surface area contributed by atoms with E-state index in [0.717, 1.165) is 19.3 Å². The van der Waals surface area contributed by atoms with E-state index < -0.39 is 0 Å². The SMILES string of the molecule is COCCN1C(=O)N[C@@H]2CN(C(=O)C3(c4ccccc4C)CC3)CC[C@@H]21. The summed E-state index contributed by atoms with van der Waals surface area (Å²) in [4.78, 5) is 29.4. The monoisotopic (exact) mass is 357 g/mol. The van der Waals surface area contributed by atoms with Crippen molar-refractivity contribution in [2.45, 2.75) is 43.7 Å². The van der Waals surface area contributed by atoms with Crippen LogP contribution < -0.4 is 5.32 Å². The lowest BCUT2D eigenvalue weighted by atomic mass is 9.89. The second kappa shape index (κ2) is 6.58. The van der Waals surface area contributed by atoms with Crippen molar-refractivity contribution in [2.75, 3.05) is 33.4 Å². The molecule has 0 spiro atoms. The minimum atomic E-state index is -0.337. The van der Waals surface area contributed by atoms with Crippen LogP contribution in [0.5, 0.6) is 0 Å². The van der Waals surface area contributed by atoms with E-state index in [9.17, 15) is 9.59 Å². The number of urea groups is 1. The molecule has 3 amide bonds. The number of methoxy groups -OCH3 is 1. The summed E-state index contributed by atoms with van der Waals surface area (Å²) in [5, 5.41) is 3.06. The molecular weight excluding hydrogens is 330 g/mol. The van der Waals surface area contributed by atoms with Crippen molar-refractivity contribution in [3.05, 3.63) is 35.4 Å². The first-order chi connectivity index (χ1) is 12.6. The number of aryl methyl sites for hydroxylation is 1. The predicted molar refractivity (Wildman–Crippen MR) is 98.0 cm³/mol. The normalized spacial score (nSPS) is 26.5. The maximum atomic E-state index is 13.3. The van der Waals surface area contributed by atoms with Gasteiger partial charge in [-0.3, -0.25) is 4.79 Å². The number of hydrogen-bond donors (Lipinski definition) is 1. The maximum Gasteiger partial charge on any atom is 0.318 e. The van der Waals surface area contributed by atoms with Crippen molar-refractivity contribution >= 4 is 11.9 Å². The topological polar surface area (TPSA) is 61.9 Å². The number of carbonyl (C=O) groups excluding carboxylic acids is 2. The molecule has 6 nitrogen and oxygen atoms in total. The Hall–Kier alpha value is -2.08. The van der Waals surface area contributed by atoms with Gasteiger partial charge in [0.15, 0.2) is 0 Å². The predicted octanol–water partition coefficient (Wildman–Crippen LogP) is 1.67. The summed E-state index contributed by atoms with van der Waals surface area (Å²) in [7, 11) is 1.65. The Bertz CT molecular complexity index is 716. The average Bonchev–Trinajstić information content (AvgIpc) is 3.38. The molecule has 2 saturated heterocycles. The lowest BCUT2D eigenvalue weighted by Gasteiger charge is -2.38. The first-order valence-corrected chi connectivity index (χ1v) is 9.48. The zero-order chi connectivity index (χ0) is 18.3. The third-order valence-corrected chi connectivity index (χ3v) is 6.19. The van der Waals surface area contributed by atoms with Crippen molar-refractivity contribution in [3.8, 4) is 0 Å². The second-order valence-corrected chi connectivity index (χ2v) is 7.75. The van der Waals surface area contributed by atoms with E-state index in [1.807, 2.05) is 21.9 Å². The largest absolute Gasteiger partial charge is 0.383 e. The van der Waals surface area contributed by atoms with Gasteiger partial charge in [0.05, 0.1) is 24.1 Å². The molecule has 140 valence electrons. The van der Waals surface area contributed by atoms with Crippen LogP contribution >= 0.6 is 0 Å². The van der Waals surface area contributed by atoms with E-state index >= 15 is 0 Å².